The molecule has 0 atom stereocenters. The molecule has 1 rings (SSSR count). The third kappa shape index (κ3) is 5.26. The average Bonchev–Trinajstić information content (AvgIpc) is 2.71. The zero-order valence-electron chi connectivity index (χ0n) is 9.26. The molecule has 0 aliphatic heterocycles. The molecule has 0 aliphatic carbocycles. The second-order valence-electron chi connectivity index (χ2n) is 3.29. The minimum absolute atomic E-state index is 0.174. The number of hydrogen-bond acceptors (Lipinski definition) is 6. The first-order valence-corrected chi connectivity index (χ1v) is 8.60. The minimum Gasteiger partial charge on any atom is -0.398 e. The summed E-state index contributed by atoms with van der Waals surface area (Å²) in [6.45, 7) is 0.559. The number of anilines is 1. The first-order chi connectivity index (χ1) is 8.06. The summed E-state index contributed by atoms with van der Waals surface area (Å²) >= 11 is 2.72. The van der Waals surface area contributed by atoms with Crippen molar-refractivity contribution in [2.45, 2.75) is 10.6 Å². The van der Waals surface area contributed by atoms with Gasteiger partial charge in [0.2, 0.25) is 10.0 Å². The molecule has 0 amide bonds. The maximum absolute atomic E-state index is 11.7. The largest absolute Gasteiger partial charge is 0.398 e. The van der Waals surface area contributed by atoms with Gasteiger partial charge in [-0.05, 0) is 18.2 Å². The quantitative estimate of drug-likeness (QED) is 0.615. The normalized spacial score (nSPS) is 11.8. The Morgan fingerprint density at radius 1 is 1.47 bits per heavy atom. The van der Waals surface area contributed by atoms with Gasteiger partial charge in [0.25, 0.3) is 0 Å². The zero-order valence-corrected chi connectivity index (χ0v) is 11.7. The van der Waals surface area contributed by atoms with Crippen molar-refractivity contribution in [1.82, 2.24) is 4.72 Å². The molecule has 98 valence electrons. The highest BCUT2D eigenvalue weighted by molar-refractivity contribution is 7.99. The van der Waals surface area contributed by atoms with Gasteiger partial charge in [-0.2, -0.15) is 11.8 Å². The summed E-state index contributed by atoms with van der Waals surface area (Å²) in [6.07, 6.45) is 0.735. The zero-order chi connectivity index (χ0) is 12.7. The molecule has 0 spiro atoms. The monoisotopic (exact) mass is 296 g/mol. The summed E-state index contributed by atoms with van der Waals surface area (Å²) in [5, 5.41) is 10.2. The molecular weight excluding hydrogens is 280 g/mol. The van der Waals surface area contributed by atoms with Crippen LogP contribution in [0, 0.1) is 0 Å². The van der Waals surface area contributed by atoms with Gasteiger partial charge in [0, 0.05) is 30.0 Å². The number of sulfonamides is 1. The van der Waals surface area contributed by atoms with E-state index < -0.39 is 10.0 Å². The Morgan fingerprint density at radius 3 is 2.82 bits per heavy atom. The molecule has 17 heavy (non-hydrogen) atoms. The molecule has 0 bridgehead atoms. The Hall–Kier alpha value is -0.280. The van der Waals surface area contributed by atoms with E-state index in [1.165, 1.54) is 6.07 Å². The predicted octanol–water partition coefficient (Wildman–Crippen LogP) is 0.724. The van der Waals surface area contributed by atoms with Gasteiger partial charge in [-0.1, -0.05) is 0 Å². The van der Waals surface area contributed by atoms with Crippen LogP contribution in [0.1, 0.15) is 6.42 Å². The lowest BCUT2D eigenvalue weighted by Crippen LogP contribution is -2.25. The summed E-state index contributed by atoms with van der Waals surface area (Å²) in [5.41, 5.74) is 5.94. The summed E-state index contributed by atoms with van der Waals surface area (Å²) in [7, 11) is -3.41. The fraction of sp³-hybridized carbons (Fsp3) is 0.556. The summed E-state index contributed by atoms with van der Waals surface area (Å²) in [6, 6.07) is 1.45. The first kappa shape index (κ1) is 14.8. The average molecular weight is 296 g/mol. The van der Waals surface area contributed by atoms with Gasteiger partial charge in [0.05, 0.1) is 0 Å². The fourth-order valence-electron chi connectivity index (χ4n) is 1.06. The van der Waals surface area contributed by atoms with Crippen LogP contribution in [-0.2, 0) is 10.0 Å². The maximum atomic E-state index is 11.7. The highest BCUT2D eigenvalue weighted by Crippen LogP contribution is 2.21. The molecule has 0 radical (unpaired) electrons. The second-order valence-corrected chi connectivity index (χ2v) is 7.42. The molecule has 5 nitrogen and oxygen atoms in total. The van der Waals surface area contributed by atoms with Crippen LogP contribution >= 0.6 is 23.1 Å². The fourth-order valence-corrected chi connectivity index (χ4v) is 4.13. The van der Waals surface area contributed by atoms with E-state index in [9.17, 15) is 8.42 Å². The maximum Gasteiger partial charge on any atom is 0.250 e. The number of thiophene rings is 1. The van der Waals surface area contributed by atoms with E-state index >= 15 is 0 Å². The number of nitrogens with one attached hydrogen (secondary N) is 1. The van der Waals surface area contributed by atoms with Crippen molar-refractivity contribution >= 4 is 38.8 Å². The van der Waals surface area contributed by atoms with E-state index in [4.69, 9.17) is 10.8 Å². The van der Waals surface area contributed by atoms with Crippen LogP contribution in [0.15, 0.2) is 15.7 Å². The Bertz CT molecular complexity index is 430. The SMILES string of the molecule is Nc1csc(S(=O)(=O)NCCSCCCO)c1. The molecule has 1 aromatic heterocycles. The van der Waals surface area contributed by atoms with Crippen LogP contribution in [0.4, 0.5) is 5.69 Å². The van der Waals surface area contributed by atoms with Crippen molar-refractivity contribution in [3.8, 4) is 0 Å². The van der Waals surface area contributed by atoms with Crippen LogP contribution in [0.3, 0.4) is 0 Å². The van der Waals surface area contributed by atoms with Gasteiger partial charge < -0.3 is 10.8 Å². The lowest BCUT2D eigenvalue weighted by Gasteiger charge is -2.04. The number of aliphatic hydroxyl groups is 1. The minimum atomic E-state index is -3.41. The van der Waals surface area contributed by atoms with E-state index in [2.05, 4.69) is 4.72 Å². The van der Waals surface area contributed by atoms with Gasteiger partial charge in [0.1, 0.15) is 4.21 Å². The van der Waals surface area contributed by atoms with Crippen molar-refractivity contribution < 1.29 is 13.5 Å². The lowest BCUT2D eigenvalue weighted by atomic mass is 10.5. The van der Waals surface area contributed by atoms with Crippen molar-refractivity contribution in [2.75, 3.05) is 30.4 Å². The summed E-state index contributed by atoms with van der Waals surface area (Å²) < 4.78 is 26.2. The molecule has 0 saturated carbocycles. The Labute approximate surface area is 109 Å². The van der Waals surface area contributed by atoms with E-state index in [-0.39, 0.29) is 10.8 Å². The van der Waals surface area contributed by atoms with Crippen LogP contribution in [0.25, 0.3) is 0 Å². The Balaban J connectivity index is 2.31. The molecule has 0 fully saturated rings. The third-order valence-corrected chi connectivity index (χ3v) is 5.83. The smallest absolute Gasteiger partial charge is 0.250 e. The lowest BCUT2D eigenvalue weighted by molar-refractivity contribution is 0.296. The van der Waals surface area contributed by atoms with Crippen molar-refractivity contribution in [2.24, 2.45) is 0 Å². The molecule has 0 saturated heterocycles. The van der Waals surface area contributed by atoms with Crippen molar-refractivity contribution in [3.63, 3.8) is 0 Å². The third-order valence-electron chi connectivity index (χ3n) is 1.85. The molecular formula is C9H16N2O3S3. The number of nitrogens with two attached hydrogens (primary N) is 1. The van der Waals surface area contributed by atoms with Crippen molar-refractivity contribution in [1.29, 1.82) is 0 Å². The summed E-state index contributed by atoms with van der Waals surface area (Å²) in [5.74, 6) is 1.53. The van der Waals surface area contributed by atoms with Crippen LogP contribution in [0.5, 0.6) is 0 Å². The molecule has 0 aliphatic rings. The van der Waals surface area contributed by atoms with Gasteiger partial charge in [-0.25, -0.2) is 13.1 Å². The van der Waals surface area contributed by atoms with Crippen LogP contribution in [0.2, 0.25) is 0 Å². The summed E-state index contributed by atoms with van der Waals surface area (Å²) in [4.78, 5) is 0. The number of hydrogen-bond donors (Lipinski definition) is 3. The van der Waals surface area contributed by atoms with Gasteiger partial charge >= 0.3 is 0 Å². The number of thioether (sulfide) groups is 1. The number of nitrogen functional groups attached to an aromatic ring is 1. The van der Waals surface area contributed by atoms with E-state index in [1.807, 2.05) is 0 Å². The van der Waals surface area contributed by atoms with Crippen LogP contribution < -0.4 is 10.5 Å². The standard InChI is InChI=1S/C9H16N2O3S3/c10-8-6-9(16-7-8)17(13,14)11-2-5-15-4-1-3-12/h6-7,11-12H,1-5,10H2. The van der Waals surface area contributed by atoms with Crippen LogP contribution in [-0.4, -0.2) is 38.2 Å². The van der Waals surface area contributed by atoms with E-state index in [0.29, 0.717) is 18.0 Å². The van der Waals surface area contributed by atoms with E-state index in [1.54, 1.807) is 17.1 Å². The van der Waals surface area contributed by atoms with Crippen molar-refractivity contribution in [3.05, 3.63) is 11.4 Å². The Kier molecular flexibility index (Phi) is 6.28. The molecule has 1 aromatic rings. The van der Waals surface area contributed by atoms with Gasteiger partial charge in [0.15, 0.2) is 0 Å². The number of rotatable bonds is 8. The predicted molar refractivity (Wildman–Crippen MR) is 72.9 cm³/mol. The highest BCUT2D eigenvalue weighted by atomic mass is 32.2. The second kappa shape index (κ2) is 7.22. The van der Waals surface area contributed by atoms with Gasteiger partial charge in [-0.15, -0.1) is 11.3 Å². The first-order valence-electron chi connectivity index (χ1n) is 5.08. The molecule has 0 unspecified atom stereocenters. The Morgan fingerprint density at radius 2 is 2.24 bits per heavy atom. The van der Waals surface area contributed by atoms with E-state index in [0.717, 1.165) is 23.5 Å². The highest BCUT2D eigenvalue weighted by Gasteiger charge is 2.15. The molecule has 4 N–H and O–H groups in total. The molecule has 1 heterocycles. The topological polar surface area (TPSA) is 92.4 Å². The van der Waals surface area contributed by atoms with Gasteiger partial charge in [-0.3, -0.25) is 0 Å². The molecule has 8 heteroatoms. The number of aliphatic hydroxyl groups excluding tert-OH is 1. The molecule has 0 aromatic carbocycles.